The van der Waals surface area contributed by atoms with Gasteiger partial charge in [-0.15, -0.1) is 0 Å². The molecule has 7 heteroatoms. The first-order valence-corrected chi connectivity index (χ1v) is 7.16. The van der Waals surface area contributed by atoms with Crippen LogP contribution in [0.2, 0.25) is 0 Å². The standard InChI is InChI=1S/C15H16N4O3/c1-11-14(15(20)17-8-2-3-9-17)10-16-18(11)12-4-6-13(7-5-12)19(21)22/h4-7,10H,2-3,8-9H2,1H3. The molecule has 1 aromatic heterocycles. The van der Waals surface area contributed by atoms with Gasteiger partial charge in [0.25, 0.3) is 11.6 Å². The van der Waals surface area contributed by atoms with E-state index in [1.807, 2.05) is 11.8 Å². The minimum absolute atomic E-state index is 0.00293. The Hall–Kier alpha value is -2.70. The van der Waals surface area contributed by atoms with Gasteiger partial charge < -0.3 is 4.90 Å². The second kappa shape index (κ2) is 5.59. The summed E-state index contributed by atoms with van der Waals surface area (Å²) in [4.78, 5) is 24.5. The van der Waals surface area contributed by atoms with Crippen LogP contribution in [0.3, 0.4) is 0 Å². The highest BCUT2D eigenvalue weighted by molar-refractivity contribution is 5.95. The van der Waals surface area contributed by atoms with Crippen LogP contribution in [0.1, 0.15) is 28.9 Å². The van der Waals surface area contributed by atoms with Crippen molar-refractivity contribution < 1.29 is 9.72 Å². The summed E-state index contributed by atoms with van der Waals surface area (Å²) in [5.41, 5.74) is 2.05. The number of hydrogen-bond donors (Lipinski definition) is 0. The third-order valence-electron chi connectivity index (χ3n) is 3.94. The van der Waals surface area contributed by atoms with Crippen molar-refractivity contribution in [1.82, 2.24) is 14.7 Å². The van der Waals surface area contributed by atoms with E-state index < -0.39 is 4.92 Å². The van der Waals surface area contributed by atoms with Gasteiger partial charge in [-0.3, -0.25) is 14.9 Å². The topological polar surface area (TPSA) is 81.3 Å². The minimum atomic E-state index is -0.442. The molecule has 0 aliphatic carbocycles. The second-order valence-electron chi connectivity index (χ2n) is 5.33. The van der Waals surface area contributed by atoms with Crippen molar-refractivity contribution in [3.05, 3.63) is 51.8 Å². The summed E-state index contributed by atoms with van der Waals surface area (Å²) < 4.78 is 1.63. The highest BCUT2D eigenvalue weighted by Gasteiger charge is 2.23. The highest BCUT2D eigenvalue weighted by Crippen LogP contribution is 2.20. The predicted octanol–water partition coefficient (Wildman–Crippen LogP) is 2.32. The van der Waals surface area contributed by atoms with E-state index in [-0.39, 0.29) is 11.6 Å². The molecule has 0 atom stereocenters. The van der Waals surface area contributed by atoms with Crippen molar-refractivity contribution in [2.45, 2.75) is 19.8 Å². The molecule has 7 nitrogen and oxygen atoms in total. The van der Waals surface area contributed by atoms with E-state index in [1.54, 1.807) is 23.0 Å². The zero-order valence-electron chi connectivity index (χ0n) is 12.2. The number of amides is 1. The molecule has 2 heterocycles. The molecule has 1 aromatic carbocycles. The molecule has 1 aliphatic heterocycles. The Morgan fingerprint density at radius 1 is 1.23 bits per heavy atom. The Bertz CT molecular complexity index is 715. The normalized spacial score (nSPS) is 14.3. The lowest BCUT2D eigenvalue weighted by molar-refractivity contribution is -0.384. The summed E-state index contributed by atoms with van der Waals surface area (Å²) >= 11 is 0. The van der Waals surface area contributed by atoms with E-state index in [9.17, 15) is 14.9 Å². The fourth-order valence-corrected chi connectivity index (χ4v) is 2.69. The van der Waals surface area contributed by atoms with Gasteiger partial charge in [-0.25, -0.2) is 4.68 Å². The maximum absolute atomic E-state index is 12.4. The Labute approximate surface area is 127 Å². The summed E-state index contributed by atoms with van der Waals surface area (Å²) in [5, 5.41) is 14.9. The second-order valence-corrected chi connectivity index (χ2v) is 5.33. The summed E-state index contributed by atoms with van der Waals surface area (Å²) in [7, 11) is 0. The van der Waals surface area contributed by atoms with Gasteiger partial charge in [-0.05, 0) is 31.9 Å². The van der Waals surface area contributed by atoms with Crippen molar-refractivity contribution in [1.29, 1.82) is 0 Å². The van der Waals surface area contributed by atoms with E-state index in [0.29, 0.717) is 11.3 Å². The number of carbonyl (C=O) groups excluding carboxylic acids is 1. The first kappa shape index (κ1) is 14.2. The molecule has 0 bridgehead atoms. The molecule has 1 aliphatic rings. The first-order valence-electron chi connectivity index (χ1n) is 7.16. The molecule has 1 amide bonds. The van der Waals surface area contributed by atoms with Crippen LogP contribution in [-0.2, 0) is 0 Å². The summed E-state index contributed by atoms with van der Waals surface area (Å²) in [6, 6.07) is 6.11. The number of hydrogen-bond acceptors (Lipinski definition) is 4. The molecule has 22 heavy (non-hydrogen) atoms. The Balaban J connectivity index is 1.89. The van der Waals surface area contributed by atoms with Crippen molar-refractivity contribution in [2.24, 2.45) is 0 Å². The number of likely N-dealkylation sites (tertiary alicyclic amines) is 1. The quantitative estimate of drug-likeness (QED) is 0.643. The maximum Gasteiger partial charge on any atom is 0.269 e. The van der Waals surface area contributed by atoms with Crippen molar-refractivity contribution in [2.75, 3.05) is 13.1 Å². The van der Waals surface area contributed by atoms with Gasteiger partial charge >= 0.3 is 0 Å². The molecule has 1 fully saturated rings. The van der Waals surface area contributed by atoms with Gasteiger partial charge in [0.05, 0.1) is 28.1 Å². The minimum Gasteiger partial charge on any atom is -0.339 e. The van der Waals surface area contributed by atoms with E-state index in [0.717, 1.165) is 31.6 Å². The Morgan fingerprint density at radius 2 is 1.86 bits per heavy atom. The molecule has 0 saturated carbocycles. The van der Waals surface area contributed by atoms with Crippen LogP contribution in [0, 0.1) is 17.0 Å². The number of nitrogens with zero attached hydrogens (tertiary/aromatic N) is 4. The monoisotopic (exact) mass is 300 g/mol. The van der Waals surface area contributed by atoms with Crippen LogP contribution < -0.4 is 0 Å². The van der Waals surface area contributed by atoms with E-state index in [4.69, 9.17) is 0 Å². The number of rotatable bonds is 3. The molecule has 0 unspecified atom stereocenters. The van der Waals surface area contributed by atoms with Crippen LogP contribution in [0.4, 0.5) is 5.69 Å². The van der Waals surface area contributed by atoms with Gasteiger partial charge in [-0.1, -0.05) is 0 Å². The number of benzene rings is 1. The highest BCUT2D eigenvalue weighted by atomic mass is 16.6. The molecule has 0 N–H and O–H groups in total. The average Bonchev–Trinajstić information content (AvgIpc) is 3.16. The van der Waals surface area contributed by atoms with E-state index >= 15 is 0 Å². The lowest BCUT2D eigenvalue weighted by Crippen LogP contribution is -2.27. The van der Waals surface area contributed by atoms with Crippen molar-refractivity contribution in [3.63, 3.8) is 0 Å². The molecule has 0 radical (unpaired) electrons. The number of carbonyl (C=O) groups is 1. The number of aromatic nitrogens is 2. The first-order chi connectivity index (χ1) is 10.6. The van der Waals surface area contributed by atoms with Gasteiger partial charge in [0.15, 0.2) is 0 Å². The average molecular weight is 300 g/mol. The lowest BCUT2D eigenvalue weighted by Gasteiger charge is -2.14. The number of nitro groups is 1. The smallest absolute Gasteiger partial charge is 0.269 e. The molecule has 3 rings (SSSR count). The number of nitro benzene ring substituents is 1. The summed E-state index contributed by atoms with van der Waals surface area (Å²) in [6.07, 6.45) is 3.65. The van der Waals surface area contributed by atoms with Gasteiger partial charge in [0.1, 0.15) is 0 Å². The SMILES string of the molecule is Cc1c(C(=O)N2CCCC2)cnn1-c1ccc([N+](=O)[O-])cc1. The van der Waals surface area contributed by atoms with Gasteiger partial charge in [0.2, 0.25) is 0 Å². The lowest BCUT2D eigenvalue weighted by atomic mass is 10.2. The molecular weight excluding hydrogens is 284 g/mol. The van der Waals surface area contributed by atoms with E-state index in [1.165, 1.54) is 12.1 Å². The predicted molar refractivity (Wildman–Crippen MR) is 80.1 cm³/mol. The fraction of sp³-hybridized carbons (Fsp3) is 0.333. The summed E-state index contributed by atoms with van der Waals surface area (Å²) in [6.45, 7) is 3.42. The molecule has 114 valence electrons. The third-order valence-corrected chi connectivity index (χ3v) is 3.94. The van der Waals surface area contributed by atoms with Gasteiger partial charge in [0, 0.05) is 25.2 Å². The Morgan fingerprint density at radius 3 is 2.45 bits per heavy atom. The molecule has 0 spiro atoms. The third kappa shape index (κ3) is 2.45. The maximum atomic E-state index is 12.4. The van der Waals surface area contributed by atoms with Crippen LogP contribution in [0.5, 0.6) is 0 Å². The van der Waals surface area contributed by atoms with Crippen LogP contribution in [0.25, 0.3) is 5.69 Å². The number of non-ortho nitro benzene ring substituents is 1. The van der Waals surface area contributed by atoms with E-state index in [2.05, 4.69) is 5.10 Å². The van der Waals surface area contributed by atoms with Crippen molar-refractivity contribution in [3.8, 4) is 5.69 Å². The zero-order valence-corrected chi connectivity index (χ0v) is 12.2. The van der Waals surface area contributed by atoms with Crippen molar-refractivity contribution >= 4 is 11.6 Å². The summed E-state index contributed by atoms with van der Waals surface area (Å²) in [5.74, 6) is 0.00293. The Kier molecular flexibility index (Phi) is 3.62. The van der Waals surface area contributed by atoms with Crippen LogP contribution in [0.15, 0.2) is 30.5 Å². The molecular formula is C15H16N4O3. The molecule has 1 saturated heterocycles. The molecule has 2 aromatic rings. The largest absolute Gasteiger partial charge is 0.339 e. The van der Waals surface area contributed by atoms with Crippen LogP contribution in [-0.4, -0.2) is 38.6 Å². The fourth-order valence-electron chi connectivity index (χ4n) is 2.69. The van der Waals surface area contributed by atoms with Crippen LogP contribution >= 0.6 is 0 Å². The van der Waals surface area contributed by atoms with Gasteiger partial charge in [-0.2, -0.15) is 5.10 Å². The zero-order chi connectivity index (χ0) is 15.7.